The van der Waals surface area contributed by atoms with Crippen molar-refractivity contribution in [2.75, 3.05) is 14.2 Å². The molecule has 2 rings (SSSR count). The summed E-state index contributed by atoms with van der Waals surface area (Å²) in [6, 6.07) is 10.4. The fraction of sp³-hybridized carbons (Fsp3) is 0.333. The number of halogens is 1. The highest BCUT2D eigenvalue weighted by molar-refractivity contribution is 5.44. The minimum absolute atomic E-state index is 0.0287. The lowest BCUT2D eigenvalue weighted by atomic mass is 10.1. The summed E-state index contributed by atoms with van der Waals surface area (Å²) in [5, 5.41) is 12.3. The first-order valence-corrected chi connectivity index (χ1v) is 7.42. The summed E-state index contributed by atoms with van der Waals surface area (Å²) in [6.07, 6.45) is 0. The Morgan fingerprint density at radius 2 is 1.61 bits per heavy atom. The summed E-state index contributed by atoms with van der Waals surface area (Å²) in [7, 11) is 3.01. The van der Waals surface area contributed by atoms with E-state index in [-0.39, 0.29) is 18.5 Å². The van der Waals surface area contributed by atoms with Crippen LogP contribution in [0, 0.1) is 5.82 Å². The van der Waals surface area contributed by atoms with E-state index in [1.165, 1.54) is 20.3 Å². The van der Waals surface area contributed by atoms with Crippen LogP contribution >= 0.6 is 0 Å². The van der Waals surface area contributed by atoms with E-state index in [4.69, 9.17) is 14.6 Å². The maximum Gasteiger partial charge on any atom is 0.163 e. The van der Waals surface area contributed by atoms with Crippen LogP contribution in [-0.2, 0) is 13.2 Å². The van der Waals surface area contributed by atoms with Gasteiger partial charge >= 0.3 is 0 Å². The molecular weight excluding hydrogens is 297 g/mol. The predicted octanol–water partition coefficient (Wildman–Crippen LogP) is 3.19. The number of hydrogen-bond donors (Lipinski definition) is 2. The monoisotopic (exact) mass is 319 g/mol. The van der Waals surface area contributed by atoms with E-state index in [2.05, 4.69) is 5.32 Å². The Hall–Kier alpha value is -2.11. The van der Waals surface area contributed by atoms with Gasteiger partial charge in [0, 0.05) is 24.2 Å². The SMILES string of the molecule is COc1cc(F)c(C(C)NCc2ccc(CO)cc2)cc1OC. The Labute approximate surface area is 135 Å². The van der Waals surface area contributed by atoms with Crippen molar-refractivity contribution in [2.45, 2.75) is 26.1 Å². The molecule has 1 unspecified atom stereocenters. The van der Waals surface area contributed by atoms with Gasteiger partial charge in [-0.15, -0.1) is 0 Å². The molecule has 0 bridgehead atoms. The van der Waals surface area contributed by atoms with E-state index >= 15 is 0 Å². The second-order valence-electron chi connectivity index (χ2n) is 5.31. The van der Waals surface area contributed by atoms with Gasteiger partial charge in [0.05, 0.1) is 20.8 Å². The molecule has 4 nitrogen and oxygen atoms in total. The van der Waals surface area contributed by atoms with Crippen LogP contribution < -0.4 is 14.8 Å². The molecular formula is C18H22FNO3. The molecule has 0 aromatic heterocycles. The zero-order chi connectivity index (χ0) is 16.8. The third-order valence-electron chi connectivity index (χ3n) is 3.79. The van der Waals surface area contributed by atoms with Crippen molar-refractivity contribution in [2.24, 2.45) is 0 Å². The topological polar surface area (TPSA) is 50.7 Å². The van der Waals surface area contributed by atoms with Crippen molar-refractivity contribution in [1.82, 2.24) is 5.32 Å². The number of methoxy groups -OCH3 is 2. The Morgan fingerprint density at radius 3 is 2.17 bits per heavy atom. The van der Waals surface area contributed by atoms with Crippen LogP contribution in [0.15, 0.2) is 36.4 Å². The lowest BCUT2D eigenvalue weighted by Crippen LogP contribution is -2.19. The van der Waals surface area contributed by atoms with Gasteiger partial charge in [0.25, 0.3) is 0 Å². The summed E-state index contributed by atoms with van der Waals surface area (Å²) < 4.78 is 24.5. The second kappa shape index (κ2) is 7.94. The highest BCUT2D eigenvalue weighted by Crippen LogP contribution is 2.32. The van der Waals surface area contributed by atoms with Crippen molar-refractivity contribution < 1.29 is 19.0 Å². The molecule has 0 aliphatic carbocycles. The molecule has 0 aliphatic rings. The molecule has 0 amide bonds. The summed E-state index contributed by atoms with van der Waals surface area (Å²) in [4.78, 5) is 0. The third kappa shape index (κ3) is 4.21. The summed E-state index contributed by atoms with van der Waals surface area (Å²) >= 11 is 0. The van der Waals surface area contributed by atoms with Crippen molar-refractivity contribution in [1.29, 1.82) is 0 Å². The van der Waals surface area contributed by atoms with Crippen molar-refractivity contribution >= 4 is 0 Å². The van der Waals surface area contributed by atoms with Crippen molar-refractivity contribution in [3.8, 4) is 11.5 Å². The van der Waals surface area contributed by atoms with Crippen LogP contribution in [0.4, 0.5) is 4.39 Å². The largest absolute Gasteiger partial charge is 0.493 e. The fourth-order valence-electron chi connectivity index (χ4n) is 2.35. The van der Waals surface area contributed by atoms with Gasteiger partial charge in [-0.2, -0.15) is 0 Å². The molecule has 0 aliphatic heterocycles. The van der Waals surface area contributed by atoms with Gasteiger partial charge in [0.1, 0.15) is 5.82 Å². The number of aliphatic hydroxyl groups is 1. The highest BCUT2D eigenvalue weighted by atomic mass is 19.1. The molecule has 0 saturated carbocycles. The average molecular weight is 319 g/mol. The molecule has 2 aromatic rings. The van der Waals surface area contributed by atoms with E-state index in [0.29, 0.717) is 23.6 Å². The fourth-order valence-corrected chi connectivity index (χ4v) is 2.35. The van der Waals surface area contributed by atoms with E-state index in [0.717, 1.165) is 11.1 Å². The Kier molecular flexibility index (Phi) is 5.96. The minimum atomic E-state index is -0.335. The van der Waals surface area contributed by atoms with Crippen molar-refractivity contribution in [3.05, 3.63) is 58.9 Å². The zero-order valence-corrected chi connectivity index (χ0v) is 13.6. The standard InChI is InChI=1S/C18H22FNO3/c1-12(20-10-13-4-6-14(11-21)7-5-13)15-8-17(22-2)18(23-3)9-16(15)19/h4-9,12,20-21H,10-11H2,1-3H3. The average Bonchev–Trinajstić information content (AvgIpc) is 2.59. The van der Waals surface area contributed by atoms with Gasteiger partial charge in [-0.05, 0) is 24.1 Å². The quantitative estimate of drug-likeness (QED) is 0.823. The normalized spacial score (nSPS) is 12.0. The molecule has 1 atom stereocenters. The van der Waals surface area contributed by atoms with Gasteiger partial charge in [0.2, 0.25) is 0 Å². The van der Waals surface area contributed by atoms with Crippen LogP contribution in [0.25, 0.3) is 0 Å². The molecule has 0 radical (unpaired) electrons. The first kappa shape index (κ1) is 17.2. The van der Waals surface area contributed by atoms with Gasteiger partial charge < -0.3 is 19.9 Å². The maximum atomic E-state index is 14.2. The van der Waals surface area contributed by atoms with Gasteiger partial charge in [-0.1, -0.05) is 24.3 Å². The molecule has 0 fully saturated rings. The van der Waals surface area contributed by atoms with Crippen molar-refractivity contribution in [3.63, 3.8) is 0 Å². The number of nitrogens with one attached hydrogen (secondary N) is 1. The molecule has 0 spiro atoms. The van der Waals surface area contributed by atoms with Gasteiger partial charge in [-0.3, -0.25) is 0 Å². The van der Waals surface area contributed by atoms with Crippen LogP contribution in [0.3, 0.4) is 0 Å². The zero-order valence-electron chi connectivity index (χ0n) is 13.6. The second-order valence-corrected chi connectivity index (χ2v) is 5.31. The number of rotatable bonds is 7. The Balaban J connectivity index is 2.09. The Morgan fingerprint density at radius 1 is 1.04 bits per heavy atom. The predicted molar refractivity (Wildman–Crippen MR) is 87.1 cm³/mol. The van der Waals surface area contributed by atoms with Crippen LogP contribution in [-0.4, -0.2) is 19.3 Å². The maximum absolute atomic E-state index is 14.2. The molecule has 124 valence electrons. The smallest absolute Gasteiger partial charge is 0.163 e. The van der Waals surface area contributed by atoms with E-state index in [1.807, 2.05) is 31.2 Å². The van der Waals surface area contributed by atoms with E-state index in [1.54, 1.807) is 6.07 Å². The number of benzene rings is 2. The molecule has 2 N–H and O–H groups in total. The Bertz CT molecular complexity index is 643. The lowest BCUT2D eigenvalue weighted by Gasteiger charge is -2.17. The summed E-state index contributed by atoms with van der Waals surface area (Å²) in [5.74, 6) is 0.545. The molecule has 2 aromatic carbocycles. The summed E-state index contributed by atoms with van der Waals surface area (Å²) in [6.45, 7) is 2.52. The van der Waals surface area contributed by atoms with E-state index < -0.39 is 0 Å². The first-order valence-electron chi connectivity index (χ1n) is 7.42. The molecule has 5 heteroatoms. The first-order chi connectivity index (χ1) is 11.1. The molecule has 23 heavy (non-hydrogen) atoms. The molecule has 0 heterocycles. The van der Waals surface area contributed by atoms with Crippen LogP contribution in [0.5, 0.6) is 11.5 Å². The van der Waals surface area contributed by atoms with Gasteiger partial charge in [-0.25, -0.2) is 4.39 Å². The van der Waals surface area contributed by atoms with Crippen LogP contribution in [0.1, 0.15) is 29.7 Å². The summed E-state index contributed by atoms with van der Waals surface area (Å²) in [5.41, 5.74) is 2.46. The van der Waals surface area contributed by atoms with E-state index in [9.17, 15) is 4.39 Å². The molecule has 0 saturated heterocycles. The number of ether oxygens (including phenoxy) is 2. The van der Waals surface area contributed by atoms with Gasteiger partial charge in [0.15, 0.2) is 11.5 Å². The minimum Gasteiger partial charge on any atom is -0.493 e. The third-order valence-corrected chi connectivity index (χ3v) is 3.79. The highest BCUT2D eigenvalue weighted by Gasteiger charge is 2.15. The number of aliphatic hydroxyl groups excluding tert-OH is 1. The lowest BCUT2D eigenvalue weighted by molar-refractivity contribution is 0.282. The number of hydrogen-bond acceptors (Lipinski definition) is 4. The van der Waals surface area contributed by atoms with Crippen LogP contribution in [0.2, 0.25) is 0 Å².